The average molecular weight is 239 g/mol. The number of aromatic amines is 1. The molecule has 0 aliphatic rings. The van der Waals surface area contributed by atoms with Gasteiger partial charge in [-0.05, 0) is 24.0 Å². The standard InChI is InChI=1S/C15H13NS/c1-17-14-9-5-8-12-10-13(16-15(12)14)11-6-3-2-4-7-11/h2-10,16H,1H3. The van der Waals surface area contributed by atoms with Crippen molar-refractivity contribution in [1.29, 1.82) is 0 Å². The molecule has 3 rings (SSSR count). The minimum atomic E-state index is 1.18. The van der Waals surface area contributed by atoms with Crippen molar-refractivity contribution in [3.63, 3.8) is 0 Å². The van der Waals surface area contributed by atoms with Crippen LogP contribution in [0.15, 0.2) is 59.5 Å². The molecule has 0 spiro atoms. The molecule has 1 aromatic heterocycles. The van der Waals surface area contributed by atoms with Crippen molar-refractivity contribution < 1.29 is 0 Å². The normalized spacial score (nSPS) is 10.9. The third-order valence-electron chi connectivity index (χ3n) is 2.92. The zero-order valence-corrected chi connectivity index (χ0v) is 10.4. The number of H-pyrrole nitrogens is 1. The number of rotatable bonds is 2. The number of para-hydroxylation sites is 1. The number of hydrogen-bond donors (Lipinski definition) is 1. The Morgan fingerprint density at radius 3 is 2.53 bits per heavy atom. The molecule has 1 N–H and O–H groups in total. The zero-order valence-electron chi connectivity index (χ0n) is 9.60. The minimum absolute atomic E-state index is 1.18. The van der Waals surface area contributed by atoms with Crippen molar-refractivity contribution >= 4 is 22.7 Å². The van der Waals surface area contributed by atoms with E-state index in [9.17, 15) is 0 Å². The Morgan fingerprint density at radius 1 is 0.941 bits per heavy atom. The van der Waals surface area contributed by atoms with Crippen molar-refractivity contribution in [1.82, 2.24) is 4.98 Å². The number of nitrogens with one attached hydrogen (secondary N) is 1. The quantitative estimate of drug-likeness (QED) is 0.648. The Hall–Kier alpha value is -1.67. The molecule has 0 bridgehead atoms. The summed E-state index contributed by atoms with van der Waals surface area (Å²) in [6, 6.07) is 19.1. The SMILES string of the molecule is CSc1cccc2cc(-c3ccccc3)[nH]c12. The Balaban J connectivity index is 2.20. The van der Waals surface area contributed by atoms with Gasteiger partial charge >= 0.3 is 0 Å². The number of benzene rings is 2. The predicted octanol–water partition coefficient (Wildman–Crippen LogP) is 4.56. The highest BCUT2D eigenvalue weighted by Gasteiger charge is 2.05. The van der Waals surface area contributed by atoms with Crippen molar-refractivity contribution in [2.75, 3.05) is 6.26 Å². The van der Waals surface area contributed by atoms with Crippen LogP contribution in [0.3, 0.4) is 0 Å². The highest BCUT2D eigenvalue weighted by molar-refractivity contribution is 7.98. The van der Waals surface area contributed by atoms with Gasteiger partial charge in [-0.25, -0.2) is 0 Å². The molecule has 3 aromatic rings. The van der Waals surface area contributed by atoms with Gasteiger partial charge in [0.1, 0.15) is 0 Å². The van der Waals surface area contributed by atoms with Crippen LogP contribution in [0.5, 0.6) is 0 Å². The van der Waals surface area contributed by atoms with E-state index in [1.807, 2.05) is 6.07 Å². The van der Waals surface area contributed by atoms with Gasteiger partial charge in [-0.15, -0.1) is 11.8 Å². The van der Waals surface area contributed by atoms with E-state index in [4.69, 9.17) is 0 Å². The molecule has 0 atom stereocenters. The van der Waals surface area contributed by atoms with Crippen molar-refractivity contribution in [2.45, 2.75) is 4.90 Å². The third-order valence-corrected chi connectivity index (χ3v) is 3.70. The van der Waals surface area contributed by atoms with Crippen LogP contribution >= 0.6 is 11.8 Å². The lowest BCUT2D eigenvalue weighted by atomic mass is 10.1. The first-order valence-corrected chi connectivity index (χ1v) is 6.82. The molecule has 0 saturated heterocycles. The first kappa shape index (κ1) is 10.5. The summed E-state index contributed by atoms with van der Waals surface area (Å²) >= 11 is 1.78. The van der Waals surface area contributed by atoms with E-state index < -0.39 is 0 Å². The topological polar surface area (TPSA) is 15.8 Å². The lowest BCUT2D eigenvalue weighted by Gasteiger charge is -1.98. The van der Waals surface area contributed by atoms with Crippen LogP contribution in [-0.4, -0.2) is 11.2 Å². The number of fused-ring (bicyclic) bond motifs is 1. The second kappa shape index (κ2) is 4.30. The highest BCUT2D eigenvalue weighted by atomic mass is 32.2. The van der Waals surface area contributed by atoms with E-state index in [1.165, 1.54) is 27.1 Å². The maximum atomic E-state index is 3.51. The Morgan fingerprint density at radius 2 is 1.76 bits per heavy atom. The van der Waals surface area contributed by atoms with E-state index in [1.54, 1.807) is 11.8 Å². The molecule has 84 valence electrons. The van der Waals surface area contributed by atoms with Crippen LogP contribution in [0.4, 0.5) is 0 Å². The second-order valence-electron chi connectivity index (χ2n) is 3.97. The molecule has 2 heteroatoms. The van der Waals surface area contributed by atoms with E-state index in [0.29, 0.717) is 0 Å². The molecule has 2 aromatic carbocycles. The molecule has 0 saturated carbocycles. The fraction of sp³-hybridized carbons (Fsp3) is 0.0667. The Labute approximate surface area is 105 Å². The minimum Gasteiger partial charge on any atom is -0.354 e. The fourth-order valence-electron chi connectivity index (χ4n) is 2.07. The summed E-state index contributed by atoms with van der Waals surface area (Å²) in [6.07, 6.45) is 2.11. The summed E-state index contributed by atoms with van der Waals surface area (Å²) in [5, 5.41) is 1.27. The summed E-state index contributed by atoms with van der Waals surface area (Å²) in [5.41, 5.74) is 3.65. The van der Waals surface area contributed by atoms with Crippen molar-refractivity contribution in [3.05, 3.63) is 54.6 Å². The number of hydrogen-bond acceptors (Lipinski definition) is 1. The smallest absolute Gasteiger partial charge is 0.0596 e. The fourth-order valence-corrected chi connectivity index (χ4v) is 2.66. The first-order valence-electron chi connectivity index (χ1n) is 5.59. The summed E-state index contributed by atoms with van der Waals surface area (Å²) in [4.78, 5) is 4.81. The third kappa shape index (κ3) is 1.85. The molecule has 0 aliphatic heterocycles. The van der Waals surface area contributed by atoms with Crippen molar-refractivity contribution in [2.24, 2.45) is 0 Å². The molecule has 1 heterocycles. The van der Waals surface area contributed by atoms with Gasteiger partial charge in [0.05, 0.1) is 5.52 Å². The van der Waals surface area contributed by atoms with E-state index in [-0.39, 0.29) is 0 Å². The molecule has 1 nitrogen and oxygen atoms in total. The summed E-state index contributed by atoms with van der Waals surface area (Å²) in [7, 11) is 0. The first-order chi connectivity index (χ1) is 8.38. The largest absolute Gasteiger partial charge is 0.354 e. The summed E-state index contributed by atoms with van der Waals surface area (Å²) in [6.45, 7) is 0. The van der Waals surface area contributed by atoms with Crippen LogP contribution in [-0.2, 0) is 0 Å². The molecule has 0 aliphatic carbocycles. The maximum Gasteiger partial charge on any atom is 0.0596 e. The molecule has 0 fully saturated rings. The van der Waals surface area contributed by atoms with E-state index >= 15 is 0 Å². The van der Waals surface area contributed by atoms with Crippen LogP contribution in [0, 0.1) is 0 Å². The second-order valence-corrected chi connectivity index (χ2v) is 4.82. The monoisotopic (exact) mass is 239 g/mol. The molecule has 0 amide bonds. The van der Waals surface area contributed by atoms with Gasteiger partial charge in [-0.1, -0.05) is 42.5 Å². The number of thioether (sulfide) groups is 1. The molecule has 0 radical (unpaired) electrons. The van der Waals surface area contributed by atoms with Gasteiger partial charge < -0.3 is 4.98 Å². The van der Waals surface area contributed by atoms with Gasteiger partial charge in [0.2, 0.25) is 0 Å². The lowest BCUT2D eigenvalue weighted by molar-refractivity contribution is 1.40. The molecule has 0 unspecified atom stereocenters. The van der Waals surface area contributed by atoms with Gasteiger partial charge in [0.25, 0.3) is 0 Å². The highest BCUT2D eigenvalue weighted by Crippen LogP contribution is 2.29. The number of aromatic nitrogens is 1. The van der Waals surface area contributed by atoms with Gasteiger partial charge in [-0.2, -0.15) is 0 Å². The predicted molar refractivity (Wildman–Crippen MR) is 75.5 cm³/mol. The van der Waals surface area contributed by atoms with Gasteiger partial charge in [0.15, 0.2) is 0 Å². The maximum absolute atomic E-state index is 3.51. The Kier molecular flexibility index (Phi) is 2.65. The zero-order chi connectivity index (χ0) is 11.7. The van der Waals surface area contributed by atoms with Crippen LogP contribution in [0.2, 0.25) is 0 Å². The molecular weight excluding hydrogens is 226 g/mol. The van der Waals surface area contributed by atoms with Crippen LogP contribution < -0.4 is 0 Å². The van der Waals surface area contributed by atoms with E-state index in [0.717, 1.165) is 0 Å². The van der Waals surface area contributed by atoms with Gasteiger partial charge in [0, 0.05) is 16.0 Å². The summed E-state index contributed by atoms with van der Waals surface area (Å²) < 4.78 is 0. The van der Waals surface area contributed by atoms with E-state index in [2.05, 4.69) is 59.8 Å². The van der Waals surface area contributed by atoms with Crippen LogP contribution in [0.25, 0.3) is 22.2 Å². The summed E-state index contributed by atoms with van der Waals surface area (Å²) in [5.74, 6) is 0. The average Bonchev–Trinajstić information content (AvgIpc) is 2.83. The van der Waals surface area contributed by atoms with Gasteiger partial charge in [-0.3, -0.25) is 0 Å². The Bertz CT molecular complexity index is 640. The van der Waals surface area contributed by atoms with Crippen molar-refractivity contribution in [3.8, 4) is 11.3 Å². The lowest BCUT2D eigenvalue weighted by Crippen LogP contribution is -1.76. The molecular formula is C15H13NS. The molecule has 17 heavy (non-hydrogen) atoms. The van der Waals surface area contributed by atoms with Crippen LogP contribution in [0.1, 0.15) is 0 Å².